The van der Waals surface area contributed by atoms with Crippen LogP contribution in [0.4, 0.5) is 0 Å². The third-order valence-electron chi connectivity index (χ3n) is 4.36. The number of aliphatic imine (C=N–C) groups is 1. The Bertz CT molecular complexity index is 895. The molecule has 0 radical (unpaired) electrons. The quantitative estimate of drug-likeness (QED) is 0.354. The van der Waals surface area contributed by atoms with Crippen LogP contribution < -0.4 is 10.6 Å². The molecule has 2 N–H and O–H groups in total. The SMILES string of the molecule is CCNC(=NCc1ncc(CC)s1)NCCCn1c(C)nc2ccccc21. The second-order valence-electron chi connectivity index (χ2n) is 6.35. The van der Waals surface area contributed by atoms with Crippen molar-refractivity contribution in [1.82, 2.24) is 25.2 Å². The van der Waals surface area contributed by atoms with Gasteiger partial charge in [0.1, 0.15) is 10.8 Å². The fraction of sp³-hybridized carbons (Fsp3) is 0.450. The summed E-state index contributed by atoms with van der Waals surface area (Å²) in [6.07, 6.45) is 3.98. The number of hydrogen-bond donors (Lipinski definition) is 2. The van der Waals surface area contributed by atoms with E-state index >= 15 is 0 Å². The van der Waals surface area contributed by atoms with E-state index in [-0.39, 0.29) is 0 Å². The number of thiazole rings is 1. The number of hydrogen-bond acceptors (Lipinski definition) is 4. The van der Waals surface area contributed by atoms with Crippen molar-refractivity contribution in [2.75, 3.05) is 13.1 Å². The molecule has 0 saturated heterocycles. The molecule has 0 unspecified atom stereocenters. The predicted molar refractivity (Wildman–Crippen MR) is 113 cm³/mol. The van der Waals surface area contributed by atoms with Crippen molar-refractivity contribution in [3.63, 3.8) is 0 Å². The first-order chi connectivity index (χ1) is 13.2. The Labute approximate surface area is 164 Å². The highest BCUT2D eigenvalue weighted by molar-refractivity contribution is 7.11. The van der Waals surface area contributed by atoms with Crippen LogP contribution in [0.1, 0.15) is 36.0 Å². The zero-order valence-corrected chi connectivity index (χ0v) is 17.1. The van der Waals surface area contributed by atoms with Crippen molar-refractivity contribution in [2.24, 2.45) is 4.99 Å². The van der Waals surface area contributed by atoms with Gasteiger partial charge in [-0.15, -0.1) is 11.3 Å². The molecule has 0 aliphatic heterocycles. The van der Waals surface area contributed by atoms with E-state index in [9.17, 15) is 0 Å². The summed E-state index contributed by atoms with van der Waals surface area (Å²) < 4.78 is 2.28. The number of para-hydroxylation sites is 2. The van der Waals surface area contributed by atoms with E-state index in [1.54, 1.807) is 11.3 Å². The molecular weight excluding hydrogens is 356 g/mol. The molecule has 0 spiro atoms. The first-order valence-electron chi connectivity index (χ1n) is 9.58. The number of imidazole rings is 1. The summed E-state index contributed by atoms with van der Waals surface area (Å²) in [5, 5.41) is 7.79. The standard InChI is InChI=1S/C20H28N6S/c1-4-16-13-23-19(27-16)14-24-20(21-5-2)22-11-8-12-26-15(3)25-17-9-6-7-10-18(17)26/h6-7,9-10,13H,4-5,8,11-12,14H2,1-3H3,(H2,21,22,24). The second-order valence-corrected chi connectivity index (χ2v) is 7.55. The second kappa shape index (κ2) is 9.50. The van der Waals surface area contributed by atoms with Gasteiger partial charge in [0, 0.05) is 30.7 Å². The van der Waals surface area contributed by atoms with E-state index in [0.29, 0.717) is 6.54 Å². The number of aryl methyl sites for hydroxylation is 3. The molecule has 0 aliphatic carbocycles. The van der Waals surface area contributed by atoms with Crippen molar-refractivity contribution in [3.8, 4) is 0 Å². The van der Waals surface area contributed by atoms with Crippen LogP contribution in [0.2, 0.25) is 0 Å². The molecule has 0 fully saturated rings. The van der Waals surface area contributed by atoms with E-state index < -0.39 is 0 Å². The third kappa shape index (κ3) is 5.07. The average Bonchev–Trinajstić information content (AvgIpc) is 3.27. The Balaban J connectivity index is 1.53. The largest absolute Gasteiger partial charge is 0.357 e. The number of guanidine groups is 1. The summed E-state index contributed by atoms with van der Waals surface area (Å²) in [7, 11) is 0. The van der Waals surface area contributed by atoms with E-state index in [1.807, 2.05) is 12.3 Å². The molecule has 0 amide bonds. The number of fused-ring (bicyclic) bond motifs is 1. The molecule has 0 bridgehead atoms. The van der Waals surface area contributed by atoms with Crippen molar-refractivity contribution < 1.29 is 0 Å². The molecule has 3 rings (SSSR count). The minimum atomic E-state index is 0.616. The highest BCUT2D eigenvalue weighted by Gasteiger charge is 2.06. The monoisotopic (exact) mass is 384 g/mol. The smallest absolute Gasteiger partial charge is 0.191 e. The Hall–Kier alpha value is -2.41. The van der Waals surface area contributed by atoms with Crippen LogP contribution >= 0.6 is 11.3 Å². The van der Waals surface area contributed by atoms with Crippen LogP contribution in [0.15, 0.2) is 35.5 Å². The van der Waals surface area contributed by atoms with Gasteiger partial charge >= 0.3 is 0 Å². The van der Waals surface area contributed by atoms with Crippen molar-refractivity contribution in [1.29, 1.82) is 0 Å². The van der Waals surface area contributed by atoms with Gasteiger partial charge in [0.2, 0.25) is 0 Å². The van der Waals surface area contributed by atoms with E-state index in [2.05, 4.69) is 69.1 Å². The van der Waals surface area contributed by atoms with E-state index in [0.717, 1.165) is 54.8 Å². The van der Waals surface area contributed by atoms with Crippen molar-refractivity contribution >= 4 is 28.3 Å². The Morgan fingerprint density at radius 2 is 2.07 bits per heavy atom. The van der Waals surface area contributed by atoms with Crippen LogP contribution in [0.3, 0.4) is 0 Å². The number of aromatic nitrogens is 3. The molecule has 0 aliphatic rings. The lowest BCUT2D eigenvalue weighted by atomic mass is 10.3. The van der Waals surface area contributed by atoms with Crippen LogP contribution in [-0.2, 0) is 19.5 Å². The molecule has 27 heavy (non-hydrogen) atoms. The van der Waals surface area contributed by atoms with Crippen LogP contribution in [0, 0.1) is 6.92 Å². The fourth-order valence-electron chi connectivity index (χ4n) is 3.00. The molecule has 6 nitrogen and oxygen atoms in total. The summed E-state index contributed by atoms with van der Waals surface area (Å²) in [5.74, 6) is 1.91. The molecular formula is C20H28N6S. The fourth-order valence-corrected chi connectivity index (χ4v) is 3.78. The number of nitrogens with zero attached hydrogens (tertiary/aromatic N) is 4. The summed E-state index contributed by atoms with van der Waals surface area (Å²) >= 11 is 1.74. The van der Waals surface area contributed by atoms with E-state index in [1.165, 1.54) is 10.4 Å². The molecule has 7 heteroatoms. The topological polar surface area (TPSA) is 67.1 Å². The average molecular weight is 385 g/mol. The van der Waals surface area contributed by atoms with Gasteiger partial charge in [-0.2, -0.15) is 0 Å². The predicted octanol–water partition coefficient (Wildman–Crippen LogP) is 3.51. The lowest BCUT2D eigenvalue weighted by molar-refractivity contribution is 0.624. The molecule has 2 heterocycles. The number of nitrogens with one attached hydrogen (secondary N) is 2. The van der Waals surface area contributed by atoms with Crippen molar-refractivity contribution in [2.45, 2.75) is 46.7 Å². The maximum atomic E-state index is 4.66. The highest BCUT2D eigenvalue weighted by atomic mass is 32.1. The van der Waals surface area contributed by atoms with Gasteiger partial charge in [-0.1, -0.05) is 19.1 Å². The first-order valence-corrected chi connectivity index (χ1v) is 10.4. The summed E-state index contributed by atoms with van der Waals surface area (Å²) in [6, 6.07) is 8.30. The summed E-state index contributed by atoms with van der Waals surface area (Å²) in [4.78, 5) is 15.0. The molecule has 2 aromatic heterocycles. The molecule has 1 aromatic carbocycles. The van der Waals surface area contributed by atoms with Crippen LogP contribution in [-0.4, -0.2) is 33.6 Å². The van der Waals surface area contributed by atoms with Crippen LogP contribution in [0.25, 0.3) is 11.0 Å². The number of rotatable bonds is 8. The molecule has 144 valence electrons. The number of benzene rings is 1. The van der Waals surface area contributed by atoms with Gasteiger partial charge in [0.15, 0.2) is 5.96 Å². The van der Waals surface area contributed by atoms with Crippen LogP contribution in [0.5, 0.6) is 0 Å². The maximum Gasteiger partial charge on any atom is 0.191 e. The zero-order valence-electron chi connectivity index (χ0n) is 16.3. The van der Waals surface area contributed by atoms with Gasteiger partial charge in [0.05, 0.1) is 17.6 Å². The summed E-state index contributed by atoms with van der Waals surface area (Å²) in [6.45, 7) is 9.55. The maximum absolute atomic E-state index is 4.66. The van der Waals surface area contributed by atoms with E-state index in [4.69, 9.17) is 0 Å². The molecule has 0 atom stereocenters. The van der Waals surface area contributed by atoms with Crippen molar-refractivity contribution in [3.05, 3.63) is 46.2 Å². The first kappa shape index (κ1) is 19.4. The lowest BCUT2D eigenvalue weighted by Crippen LogP contribution is -2.38. The van der Waals surface area contributed by atoms with Gasteiger partial charge < -0.3 is 15.2 Å². The molecule has 3 aromatic rings. The Kier molecular flexibility index (Phi) is 6.81. The molecule has 0 saturated carbocycles. The van der Waals surface area contributed by atoms with Gasteiger partial charge in [-0.25, -0.2) is 15.0 Å². The van der Waals surface area contributed by atoms with Gasteiger partial charge in [-0.3, -0.25) is 0 Å². The zero-order chi connectivity index (χ0) is 19.1. The summed E-state index contributed by atoms with van der Waals surface area (Å²) in [5.41, 5.74) is 2.26. The lowest BCUT2D eigenvalue weighted by Gasteiger charge is -2.12. The van der Waals surface area contributed by atoms with Gasteiger partial charge in [0.25, 0.3) is 0 Å². The highest BCUT2D eigenvalue weighted by Crippen LogP contribution is 2.16. The minimum Gasteiger partial charge on any atom is -0.357 e. The third-order valence-corrected chi connectivity index (χ3v) is 5.49. The minimum absolute atomic E-state index is 0.616. The normalized spacial score (nSPS) is 11.9. The Morgan fingerprint density at radius 3 is 2.85 bits per heavy atom. The van der Waals surface area contributed by atoms with Gasteiger partial charge in [-0.05, 0) is 38.8 Å². The Morgan fingerprint density at radius 1 is 1.22 bits per heavy atom.